The highest BCUT2D eigenvalue weighted by Gasteiger charge is 2.45. The molecule has 0 saturated heterocycles. The molecule has 1 atom stereocenters. The molecule has 0 saturated carbocycles. The molecule has 0 radical (unpaired) electrons. The number of nitrogens with zero attached hydrogens (tertiary/aromatic N) is 2. The zero-order valence-electron chi connectivity index (χ0n) is 18.0. The third-order valence-electron chi connectivity index (χ3n) is 6.88. The molecule has 9 heteroatoms. The number of fused-ring (bicyclic) bond motifs is 6. The van der Waals surface area contributed by atoms with Crippen LogP contribution in [-0.4, -0.2) is 39.1 Å². The fourth-order valence-electron chi connectivity index (χ4n) is 5.09. The van der Waals surface area contributed by atoms with Crippen LogP contribution in [0.25, 0.3) is 22.3 Å². The van der Waals surface area contributed by atoms with Crippen molar-refractivity contribution in [1.29, 1.82) is 0 Å². The van der Waals surface area contributed by atoms with Crippen molar-refractivity contribution in [3.05, 3.63) is 50.8 Å². The number of rotatable bonds is 4. The Labute approximate surface area is 188 Å². The Morgan fingerprint density at radius 1 is 1.12 bits per heavy atom. The van der Waals surface area contributed by atoms with E-state index in [1.165, 1.54) is 0 Å². The summed E-state index contributed by atoms with van der Waals surface area (Å²) in [6.07, 6.45) is 1.24. The van der Waals surface area contributed by atoms with Gasteiger partial charge in [0.05, 0.1) is 29.0 Å². The minimum absolute atomic E-state index is 0.0350. The number of pyridine rings is 2. The molecular weight excluding hydrogens is 428 g/mol. The van der Waals surface area contributed by atoms with E-state index in [2.05, 4.69) is 0 Å². The number of hydrogen-bond acceptors (Lipinski definition) is 8. The molecule has 2 N–H and O–H groups in total. The molecule has 0 fully saturated rings. The Hall–Kier alpha value is -3.43. The van der Waals surface area contributed by atoms with E-state index in [-0.39, 0.29) is 43.1 Å². The van der Waals surface area contributed by atoms with Gasteiger partial charge in [-0.2, -0.15) is 0 Å². The first-order valence-corrected chi connectivity index (χ1v) is 11.0. The summed E-state index contributed by atoms with van der Waals surface area (Å²) in [5.41, 5.74) is 2.16. The highest BCUT2D eigenvalue weighted by Crippen LogP contribution is 2.43. The number of hydrogen-bond donors (Lipinski definition) is 2. The summed E-state index contributed by atoms with van der Waals surface area (Å²) in [6, 6.07) is 5.42. The second kappa shape index (κ2) is 7.03. The van der Waals surface area contributed by atoms with Crippen molar-refractivity contribution in [3.63, 3.8) is 0 Å². The van der Waals surface area contributed by atoms with Gasteiger partial charge < -0.3 is 29.0 Å². The molecule has 1 aromatic carbocycles. The number of aliphatic hydroxyl groups excluding tert-OH is 1. The number of aryl methyl sites for hydroxylation is 1. The average molecular weight is 450 g/mol. The predicted molar refractivity (Wildman–Crippen MR) is 116 cm³/mol. The maximum Gasteiger partial charge on any atom is 0.343 e. The molecule has 33 heavy (non-hydrogen) atoms. The lowest BCUT2D eigenvalue weighted by atomic mass is 9.86. The lowest BCUT2D eigenvalue weighted by Gasteiger charge is -2.31. The molecule has 0 bridgehead atoms. The first-order valence-electron chi connectivity index (χ1n) is 11.0. The Balaban J connectivity index is 1.63. The monoisotopic (exact) mass is 450 g/mol. The van der Waals surface area contributed by atoms with E-state index in [4.69, 9.17) is 19.2 Å². The first kappa shape index (κ1) is 20.2. The molecule has 9 nitrogen and oxygen atoms in total. The molecule has 3 aliphatic rings. The number of esters is 1. The third-order valence-corrected chi connectivity index (χ3v) is 6.88. The van der Waals surface area contributed by atoms with E-state index < -0.39 is 11.6 Å². The zero-order valence-corrected chi connectivity index (χ0v) is 18.0. The molecule has 3 aliphatic heterocycles. The average Bonchev–Trinajstić information content (AvgIpc) is 3.42. The van der Waals surface area contributed by atoms with Crippen molar-refractivity contribution in [1.82, 2.24) is 9.55 Å². The number of aromatic nitrogens is 2. The van der Waals surface area contributed by atoms with Crippen molar-refractivity contribution in [2.24, 2.45) is 0 Å². The molecule has 0 amide bonds. The van der Waals surface area contributed by atoms with Gasteiger partial charge in [-0.15, -0.1) is 0 Å². The second-order valence-electron chi connectivity index (χ2n) is 8.57. The number of benzene rings is 1. The van der Waals surface area contributed by atoms with Crippen molar-refractivity contribution >= 4 is 16.9 Å². The quantitative estimate of drug-likeness (QED) is 0.451. The predicted octanol–water partition coefficient (Wildman–Crippen LogP) is 1.73. The van der Waals surface area contributed by atoms with E-state index in [0.29, 0.717) is 47.8 Å². The fraction of sp³-hybridized carbons (Fsp3) is 0.375. The summed E-state index contributed by atoms with van der Waals surface area (Å²) in [5.74, 6) is 0.496. The van der Waals surface area contributed by atoms with E-state index in [9.17, 15) is 19.8 Å². The lowest BCUT2D eigenvalue weighted by molar-refractivity contribution is -0.172. The lowest BCUT2D eigenvalue weighted by Crippen LogP contribution is -2.44. The van der Waals surface area contributed by atoms with Crippen molar-refractivity contribution in [2.45, 2.75) is 44.9 Å². The molecule has 0 aliphatic carbocycles. The Kier molecular flexibility index (Phi) is 4.30. The molecule has 5 heterocycles. The van der Waals surface area contributed by atoms with Crippen LogP contribution in [0.4, 0.5) is 0 Å². The van der Waals surface area contributed by atoms with Crippen LogP contribution in [-0.2, 0) is 34.7 Å². The van der Waals surface area contributed by atoms with Crippen LogP contribution < -0.4 is 15.0 Å². The number of carbonyl (C=O) groups excluding carboxylic acids is 1. The van der Waals surface area contributed by atoms with Gasteiger partial charge in [0, 0.05) is 29.2 Å². The van der Waals surface area contributed by atoms with Gasteiger partial charge in [-0.25, -0.2) is 9.78 Å². The van der Waals surface area contributed by atoms with Crippen molar-refractivity contribution < 1.29 is 29.2 Å². The standard InChI is InChI=1S/C24H22N2O7/c1-2-24(30)16-7-18-21-14(9-26(18)22(28)15(16)10-31-23(24)29)12(4-3-5-27)13-6-19-20(33-11-32-19)8-17(13)25-21/h6-8,27,30H,2-5,9-11H2,1H3/t24-/m0/s1. The van der Waals surface area contributed by atoms with Crippen LogP contribution in [0.1, 0.15) is 42.0 Å². The van der Waals surface area contributed by atoms with Crippen molar-refractivity contribution in [2.75, 3.05) is 13.4 Å². The Morgan fingerprint density at radius 3 is 2.67 bits per heavy atom. The topological polar surface area (TPSA) is 120 Å². The highest BCUT2D eigenvalue weighted by atomic mass is 16.7. The van der Waals surface area contributed by atoms with E-state index >= 15 is 0 Å². The molecular formula is C24H22N2O7. The highest BCUT2D eigenvalue weighted by molar-refractivity contribution is 5.91. The van der Waals surface area contributed by atoms with Gasteiger partial charge in [0.2, 0.25) is 6.79 Å². The van der Waals surface area contributed by atoms with Crippen LogP contribution in [0.2, 0.25) is 0 Å². The molecule has 2 aromatic heterocycles. The first-order chi connectivity index (χ1) is 16.0. The van der Waals surface area contributed by atoms with Crippen LogP contribution >= 0.6 is 0 Å². The summed E-state index contributed by atoms with van der Waals surface area (Å²) < 4.78 is 17.8. The minimum atomic E-state index is -1.87. The van der Waals surface area contributed by atoms with Gasteiger partial charge >= 0.3 is 5.97 Å². The maximum atomic E-state index is 13.4. The fourth-order valence-corrected chi connectivity index (χ4v) is 5.09. The molecule has 0 unspecified atom stereocenters. The normalized spacial score (nSPS) is 19.9. The van der Waals surface area contributed by atoms with Gasteiger partial charge in [0.1, 0.15) is 6.61 Å². The smallest absolute Gasteiger partial charge is 0.343 e. The SMILES string of the molecule is CC[C@@]1(O)C(=O)OCc2c1cc1n(c2=O)Cc2c-1nc1cc3c(cc1c2CCCO)OCO3. The molecule has 6 rings (SSSR count). The molecule has 170 valence electrons. The third kappa shape index (κ3) is 2.69. The number of aliphatic hydroxyl groups is 2. The van der Waals surface area contributed by atoms with Crippen LogP contribution in [0.5, 0.6) is 11.5 Å². The van der Waals surface area contributed by atoms with Gasteiger partial charge in [-0.05, 0) is 37.0 Å². The van der Waals surface area contributed by atoms with E-state index in [1.54, 1.807) is 17.6 Å². The van der Waals surface area contributed by atoms with Gasteiger partial charge in [-0.1, -0.05) is 6.92 Å². The number of ether oxygens (including phenoxy) is 3. The van der Waals surface area contributed by atoms with Crippen LogP contribution in [0.15, 0.2) is 23.0 Å². The van der Waals surface area contributed by atoms with Gasteiger partial charge in [-0.3, -0.25) is 4.79 Å². The maximum absolute atomic E-state index is 13.4. The van der Waals surface area contributed by atoms with E-state index in [1.807, 2.05) is 12.1 Å². The minimum Gasteiger partial charge on any atom is -0.458 e. The van der Waals surface area contributed by atoms with Crippen LogP contribution in [0, 0.1) is 0 Å². The summed E-state index contributed by atoms with van der Waals surface area (Å²) in [5, 5.41) is 21.4. The molecule has 0 spiro atoms. The summed E-state index contributed by atoms with van der Waals surface area (Å²) in [7, 11) is 0. The summed E-state index contributed by atoms with van der Waals surface area (Å²) >= 11 is 0. The van der Waals surface area contributed by atoms with Gasteiger partial charge in [0.25, 0.3) is 5.56 Å². The van der Waals surface area contributed by atoms with E-state index in [0.717, 1.165) is 16.5 Å². The summed E-state index contributed by atoms with van der Waals surface area (Å²) in [6.45, 7) is 2.00. The van der Waals surface area contributed by atoms with Gasteiger partial charge in [0.15, 0.2) is 17.1 Å². The van der Waals surface area contributed by atoms with Crippen LogP contribution in [0.3, 0.4) is 0 Å². The van der Waals surface area contributed by atoms with Crippen molar-refractivity contribution in [3.8, 4) is 22.9 Å². The Morgan fingerprint density at radius 2 is 1.91 bits per heavy atom. The number of cyclic esters (lactones) is 1. The Bertz CT molecular complexity index is 1410. The second-order valence-corrected chi connectivity index (χ2v) is 8.57. The molecule has 3 aromatic rings. The zero-order chi connectivity index (χ0) is 22.9. The largest absolute Gasteiger partial charge is 0.458 e. The summed E-state index contributed by atoms with van der Waals surface area (Å²) in [4.78, 5) is 30.7. The number of carbonyl (C=O) groups is 1.